The number of carbonyl (C=O) groups is 3. The summed E-state index contributed by atoms with van der Waals surface area (Å²) in [7, 11) is 0. The number of benzene rings is 3. The van der Waals surface area contributed by atoms with Crippen molar-refractivity contribution < 1.29 is 27.6 Å². The first-order valence-electron chi connectivity index (χ1n) is 13.8. The quantitative estimate of drug-likeness (QED) is 0.365. The third-order valence-corrected chi connectivity index (χ3v) is 8.57. The summed E-state index contributed by atoms with van der Waals surface area (Å²) in [5.41, 5.74) is 0.0264. The van der Waals surface area contributed by atoms with Crippen LogP contribution in [0, 0.1) is 0 Å². The highest BCUT2D eigenvalue weighted by molar-refractivity contribution is 6.35. The predicted molar refractivity (Wildman–Crippen MR) is 158 cm³/mol. The van der Waals surface area contributed by atoms with Crippen LogP contribution in [0.25, 0.3) is 0 Å². The molecule has 226 valence electrons. The van der Waals surface area contributed by atoms with E-state index in [0.29, 0.717) is 35.9 Å². The molecule has 3 aromatic carbocycles. The number of nitrogens with zero attached hydrogens (tertiary/aromatic N) is 3. The number of hydrogen-bond donors (Lipinski definition) is 1. The highest BCUT2D eigenvalue weighted by atomic mass is 35.5. The molecule has 0 atom stereocenters. The Hall–Kier alpha value is -3.76. The summed E-state index contributed by atoms with van der Waals surface area (Å²) in [6.07, 6.45) is -3.38. The summed E-state index contributed by atoms with van der Waals surface area (Å²) in [6, 6.07) is 18.7. The lowest BCUT2D eigenvalue weighted by atomic mass is 9.85. The molecule has 1 spiro atoms. The topological polar surface area (TPSA) is 73.0 Å². The highest BCUT2D eigenvalue weighted by Gasteiger charge is 2.54. The van der Waals surface area contributed by atoms with E-state index in [4.69, 9.17) is 23.2 Å². The van der Waals surface area contributed by atoms with Crippen molar-refractivity contribution in [3.8, 4) is 0 Å². The second kappa shape index (κ2) is 12.5. The Morgan fingerprint density at radius 1 is 0.930 bits per heavy atom. The van der Waals surface area contributed by atoms with Crippen molar-refractivity contribution in [1.29, 1.82) is 0 Å². The van der Waals surface area contributed by atoms with E-state index >= 15 is 0 Å². The van der Waals surface area contributed by atoms with Gasteiger partial charge in [0, 0.05) is 40.9 Å². The maximum absolute atomic E-state index is 13.9. The van der Waals surface area contributed by atoms with Crippen molar-refractivity contribution in [2.75, 3.05) is 37.7 Å². The Bertz CT molecular complexity index is 1490. The monoisotopic (exact) mass is 632 g/mol. The minimum atomic E-state index is -4.49. The lowest BCUT2D eigenvalue weighted by Crippen LogP contribution is -2.57. The van der Waals surface area contributed by atoms with Crippen LogP contribution in [0.4, 0.5) is 18.9 Å². The molecule has 2 aliphatic heterocycles. The van der Waals surface area contributed by atoms with E-state index in [9.17, 15) is 27.6 Å². The van der Waals surface area contributed by atoms with Gasteiger partial charge in [-0.3, -0.25) is 14.4 Å². The molecule has 0 bridgehead atoms. The number of likely N-dealkylation sites (tertiary alicyclic amines) is 1. The van der Waals surface area contributed by atoms with Gasteiger partial charge in [-0.15, -0.1) is 0 Å². The number of halogens is 5. The Morgan fingerprint density at radius 2 is 1.60 bits per heavy atom. The average molecular weight is 633 g/mol. The van der Waals surface area contributed by atoms with Gasteiger partial charge in [-0.1, -0.05) is 47.5 Å². The number of anilines is 1. The van der Waals surface area contributed by atoms with Gasteiger partial charge in [0.2, 0.25) is 5.91 Å². The van der Waals surface area contributed by atoms with Gasteiger partial charge in [0.05, 0.1) is 12.2 Å². The van der Waals surface area contributed by atoms with Gasteiger partial charge in [0.1, 0.15) is 12.1 Å². The fourth-order valence-electron chi connectivity index (χ4n) is 5.68. The highest BCUT2D eigenvalue weighted by Crippen LogP contribution is 2.40. The molecule has 0 saturated carbocycles. The second-order valence-corrected chi connectivity index (χ2v) is 11.5. The Kier molecular flexibility index (Phi) is 8.89. The molecule has 2 fully saturated rings. The largest absolute Gasteiger partial charge is 0.416 e. The van der Waals surface area contributed by atoms with Crippen LogP contribution < -0.4 is 10.2 Å². The number of rotatable bonds is 7. The Balaban J connectivity index is 1.25. The number of hydrogen-bond acceptors (Lipinski definition) is 4. The summed E-state index contributed by atoms with van der Waals surface area (Å²) in [4.78, 5) is 45.0. The summed E-state index contributed by atoms with van der Waals surface area (Å²) >= 11 is 12.2. The first-order valence-corrected chi connectivity index (χ1v) is 14.5. The molecule has 3 aromatic rings. The van der Waals surface area contributed by atoms with Gasteiger partial charge < -0.3 is 20.0 Å². The first-order chi connectivity index (χ1) is 20.5. The van der Waals surface area contributed by atoms with Gasteiger partial charge in [-0.05, 0) is 73.4 Å². The van der Waals surface area contributed by atoms with Gasteiger partial charge in [0.25, 0.3) is 11.8 Å². The fraction of sp³-hybridized carbons (Fsp3) is 0.323. The van der Waals surface area contributed by atoms with E-state index in [1.807, 2.05) is 35.2 Å². The maximum Gasteiger partial charge on any atom is 0.416 e. The Labute approximate surface area is 257 Å². The molecule has 12 heteroatoms. The van der Waals surface area contributed by atoms with Crippen LogP contribution in [0.1, 0.15) is 34.3 Å². The average Bonchev–Trinajstić information content (AvgIpc) is 3.24. The van der Waals surface area contributed by atoms with Gasteiger partial charge in [-0.2, -0.15) is 13.2 Å². The third-order valence-electron chi connectivity index (χ3n) is 7.99. The smallest absolute Gasteiger partial charge is 0.354 e. The van der Waals surface area contributed by atoms with E-state index in [-0.39, 0.29) is 43.7 Å². The number of para-hydroxylation sites is 1. The van der Waals surface area contributed by atoms with Crippen molar-refractivity contribution in [2.24, 2.45) is 0 Å². The molecule has 2 aliphatic rings. The number of alkyl halides is 3. The van der Waals surface area contributed by atoms with Crippen LogP contribution in [-0.4, -0.2) is 65.9 Å². The molecular formula is C31H29Cl2F3N4O3. The Morgan fingerprint density at radius 3 is 2.23 bits per heavy atom. The molecule has 2 heterocycles. The van der Waals surface area contributed by atoms with Crippen molar-refractivity contribution in [3.63, 3.8) is 0 Å². The molecule has 0 aliphatic carbocycles. The van der Waals surface area contributed by atoms with Crippen molar-refractivity contribution in [1.82, 2.24) is 15.1 Å². The zero-order valence-corrected chi connectivity index (χ0v) is 24.6. The molecule has 0 radical (unpaired) electrons. The van der Waals surface area contributed by atoms with Crippen molar-refractivity contribution >= 4 is 46.6 Å². The number of nitrogens with one attached hydrogen (secondary N) is 1. The van der Waals surface area contributed by atoms with Gasteiger partial charge >= 0.3 is 6.18 Å². The fourth-order valence-corrected chi connectivity index (χ4v) is 6.18. The second-order valence-electron chi connectivity index (χ2n) is 10.6. The summed E-state index contributed by atoms with van der Waals surface area (Å²) in [6.45, 7) is 0.864. The SMILES string of the molecule is O=C(CN1CN(c2ccccc2)C2(CCN(C(=O)c3ccc(C(F)(F)F)cc3)CC2)C1=O)NCCc1ccc(Cl)cc1Cl. The van der Waals surface area contributed by atoms with Crippen LogP contribution >= 0.6 is 23.2 Å². The van der Waals surface area contributed by atoms with Gasteiger partial charge in [0.15, 0.2) is 0 Å². The maximum atomic E-state index is 13.9. The normalized spacial score (nSPS) is 16.6. The van der Waals surface area contributed by atoms with Crippen LogP contribution in [-0.2, 0) is 22.2 Å². The number of amides is 3. The van der Waals surface area contributed by atoms with E-state index < -0.39 is 23.2 Å². The molecule has 7 nitrogen and oxygen atoms in total. The van der Waals surface area contributed by atoms with Crippen LogP contribution in [0.15, 0.2) is 72.8 Å². The zero-order valence-electron chi connectivity index (χ0n) is 23.0. The molecular weight excluding hydrogens is 604 g/mol. The van der Waals surface area contributed by atoms with E-state index in [2.05, 4.69) is 5.32 Å². The van der Waals surface area contributed by atoms with Crippen LogP contribution in [0.3, 0.4) is 0 Å². The summed E-state index contributed by atoms with van der Waals surface area (Å²) in [5, 5.41) is 3.89. The van der Waals surface area contributed by atoms with Gasteiger partial charge in [-0.25, -0.2) is 0 Å². The van der Waals surface area contributed by atoms with E-state index in [0.717, 1.165) is 23.4 Å². The van der Waals surface area contributed by atoms with E-state index in [1.165, 1.54) is 17.0 Å². The lowest BCUT2D eigenvalue weighted by molar-refractivity contribution is -0.137. The molecule has 1 N–H and O–H groups in total. The van der Waals surface area contributed by atoms with Crippen molar-refractivity contribution in [3.05, 3.63) is 99.5 Å². The van der Waals surface area contributed by atoms with Crippen molar-refractivity contribution in [2.45, 2.75) is 31.0 Å². The number of piperidine rings is 1. The molecule has 43 heavy (non-hydrogen) atoms. The lowest BCUT2D eigenvalue weighted by Gasteiger charge is -2.43. The third kappa shape index (κ3) is 6.60. The zero-order chi connectivity index (χ0) is 30.8. The summed E-state index contributed by atoms with van der Waals surface area (Å²) < 4.78 is 38.9. The summed E-state index contributed by atoms with van der Waals surface area (Å²) in [5.74, 6) is -0.899. The molecule has 0 aromatic heterocycles. The molecule has 2 saturated heterocycles. The first kappa shape index (κ1) is 30.7. The molecule has 0 unspecified atom stereocenters. The molecule has 5 rings (SSSR count). The minimum absolute atomic E-state index is 0.132. The predicted octanol–water partition coefficient (Wildman–Crippen LogP) is 5.65. The minimum Gasteiger partial charge on any atom is -0.354 e. The van der Waals surface area contributed by atoms with E-state index in [1.54, 1.807) is 23.1 Å². The number of carbonyl (C=O) groups excluding carboxylic acids is 3. The van der Waals surface area contributed by atoms with Crippen LogP contribution in [0.5, 0.6) is 0 Å². The standard InChI is InChI=1S/C31H29Cl2F3N4O3/c32-24-11-8-21(26(33)18-24)12-15-37-27(41)19-39-20-40(25-4-2-1-3-5-25)30(29(39)43)13-16-38(17-14-30)28(42)22-6-9-23(10-7-22)31(34,35)36/h1-11,18H,12-17,19-20H2,(H,37,41). The van der Waals surface area contributed by atoms with Crippen LogP contribution in [0.2, 0.25) is 10.0 Å². The molecule has 3 amide bonds.